The molecule has 5 rings (SSSR count). The fraction of sp³-hybridized carbons (Fsp3) is 0.261. The van der Waals surface area contributed by atoms with E-state index in [-0.39, 0.29) is 23.8 Å². The van der Waals surface area contributed by atoms with Gasteiger partial charge in [-0.15, -0.1) is 0 Å². The first-order valence-electron chi connectivity index (χ1n) is 10.8. The van der Waals surface area contributed by atoms with Gasteiger partial charge in [0.05, 0.1) is 17.2 Å². The SMILES string of the molecule is Cc1ccc(-c2ccc(Oc3cc(COP(=O)(N4CC4)N4CC4)ccc3[N+](=O)[O-])cc2F)nc1. The van der Waals surface area contributed by atoms with Gasteiger partial charge in [0.1, 0.15) is 11.6 Å². The minimum Gasteiger partial charge on any atom is -0.450 e. The maximum absolute atomic E-state index is 14.8. The number of rotatable bonds is 9. The Morgan fingerprint density at radius 2 is 1.82 bits per heavy atom. The molecule has 1 aromatic heterocycles. The van der Waals surface area contributed by atoms with Gasteiger partial charge in [-0.3, -0.25) is 19.7 Å². The van der Waals surface area contributed by atoms with Crippen molar-refractivity contribution in [3.63, 3.8) is 0 Å². The third-order valence-corrected chi connectivity index (χ3v) is 8.23. The predicted octanol–water partition coefficient (Wildman–Crippen LogP) is 5.15. The number of pyridine rings is 1. The standard InChI is InChI=1S/C23H22FN4O5P/c1-16-2-6-21(25-14-16)19-5-4-18(13-20(19)24)33-23-12-17(3-7-22(23)28(29)30)15-32-34(31,26-8-9-26)27-10-11-27/h2-7,12-14H,8-11,15H2,1H3. The molecule has 11 heteroatoms. The van der Waals surface area contributed by atoms with Crippen LogP contribution in [0.15, 0.2) is 54.7 Å². The van der Waals surface area contributed by atoms with Crippen molar-refractivity contribution in [3.05, 3.63) is 81.8 Å². The Bertz CT molecular complexity index is 1280. The third kappa shape index (κ3) is 4.71. The van der Waals surface area contributed by atoms with Crippen molar-refractivity contribution in [3.8, 4) is 22.8 Å². The Morgan fingerprint density at radius 1 is 1.09 bits per heavy atom. The number of hydrogen-bond donors (Lipinski definition) is 0. The number of nitro groups is 1. The lowest BCUT2D eigenvalue weighted by Crippen LogP contribution is -2.08. The second-order valence-corrected chi connectivity index (χ2v) is 10.6. The summed E-state index contributed by atoms with van der Waals surface area (Å²) in [5.74, 6) is -0.512. The Labute approximate surface area is 195 Å². The van der Waals surface area contributed by atoms with Crippen molar-refractivity contribution in [1.29, 1.82) is 0 Å². The van der Waals surface area contributed by atoms with Gasteiger partial charge in [-0.1, -0.05) is 6.07 Å². The molecule has 2 aliphatic rings. The van der Waals surface area contributed by atoms with Crippen LogP contribution in [0, 0.1) is 22.9 Å². The molecule has 0 N–H and O–H groups in total. The van der Waals surface area contributed by atoms with Crippen LogP contribution in [0.5, 0.6) is 11.5 Å². The lowest BCUT2D eigenvalue weighted by Gasteiger charge is -2.19. The molecule has 2 fully saturated rings. The molecule has 34 heavy (non-hydrogen) atoms. The molecule has 0 bridgehead atoms. The number of hydrogen-bond acceptors (Lipinski definition) is 6. The summed E-state index contributed by atoms with van der Waals surface area (Å²) in [6, 6.07) is 12.1. The van der Waals surface area contributed by atoms with E-state index in [0.717, 1.165) is 31.7 Å². The predicted molar refractivity (Wildman–Crippen MR) is 123 cm³/mol. The normalized spacial score (nSPS) is 15.8. The van der Waals surface area contributed by atoms with Crippen LogP contribution >= 0.6 is 7.67 Å². The van der Waals surface area contributed by atoms with Crippen molar-refractivity contribution >= 4 is 13.4 Å². The van der Waals surface area contributed by atoms with E-state index in [1.165, 1.54) is 36.4 Å². The number of halogens is 1. The van der Waals surface area contributed by atoms with Gasteiger partial charge in [0.2, 0.25) is 5.75 Å². The first kappa shape index (κ1) is 22.6. The first-order chi connectivity index (χ1) is 16.3. The van der Waals surface area contributed by atoms with E-state index >= 15 is 0 Å². The lowest BCUT2D eigenvalue weighted by molar-refractivity contribution is -0.385. The highest BCUT2D eigenvalue weighted by atomic mass is 31.2. The van der Waals surface area contributed by atoms with Gasteiger partial charge in [-0.25, -0.2) is 13.7 Å². The summed E-state index contributed by atoms with van der Waals surface area (Å²) in [6.07, 6.45) is 1.65. The summed E-state index contributed by atoms with van der Waals surface area (Å²) in [7, 11) is -3.03. The Kier molecular flexibility index (Phi) is 5.91. The van der Waals surface area contributed by atoms with Crippen LogP contribution in [0.3, 0.4) is 0 Å². The molecule has 2 aromatic carbocycles. The summed E-state index contributed by atoms with van der Waals surface area (Å²) >= 11 is 0. The summed E-state index contributed by atoms with van der Waals surface area (Å²) in [5.41, 5.74) is 2.02. The molecule has 3 aromatic rings. The largest absolute Gasteiger partial charge is 0.450 e. The molecular formula is C23H22FN4O5P. The van der Waals surface area contributed by atoms with Crippen molar-refractivity contribution in [2.75, 3.05) is 26.2 Å². The van der Waals surface area contributed by atoms with E-state index in [4.69, 9.17) is 9.26 Å². The average molecular weight is 484 g/mol. The number of aromatic nitrogens is 1. The highest BCUT2D eigenvalue weighted by Gasteiger charge is 2.49. The fourth-order valence-electron chi connectivity index (χ4n) is 3.50. The minimum atomic E-state index is -3.03. The summed E-state index contributed by atoms with van der Waals surface area (Å²) in [5, 5.41) is 11.5. The van der Waals surface area contributed by atoms with Crippen molar-refractivity contribution < 1.29 is 23.1 Å². The first-order valence-corrected chi connectivity index (χ1v) is 12.3. The zero-order chi connectivity index (χ0) is 23.9. The van der Waals surface area contributed by atoms with E-state index in [1.807, 2.05) is 13.0 Å². The van der Waals surface area contributed by atoms with Gasteiger partial charge < -0.3 is 9.26 Å². The van der Waals surface area contributed by atoms with Crippen LogP contribution in [0.2, 0.25) is 0 Å². The fourth-order valence-corrected chi connectivity index (χ4v) is 5.69. The Hall–Kier alpha value is -3.17. The molecular weight excluding hydrogens is 462 g/mol. The van der Waals surface area contributed by atoms with Crippen LogP contribution in [0.25, 0.3) is 11.3 Å². The number of benzene rings is 2. The van der Waals surface area contributed by atoms with E-state index in [9.17, 15) is 19.1 Å². The molecule has 2 aliphatic heterocycles. The van der Waals surface area contributed by atoms with Gasteiger partial charge in [-0.2, -0.15) is 0 Å². The Balaban J connectivity index is 1.37. The average Bonchev–Trinajstić information content (AvgIpc) is 3.71. The van der Waals surface area contributed by atoms with Gasteiger partial charge in [0.25, 0.3) is 0 Å². The summed E-state index contributed by atoms with van der Waals surface area (Å²) in [4.78, 5) is 15.2. The van der Waals surface area contributed by atoms with Gasteiger partial charge >= 0.3 is 13.4 Å². The maximum atomic E-state index is 14.8. The van der Waals surface area contributed by atoms with E-state index in [1.54, 1.807) is 21.6 Å². The zero-order valence-electron chi connectivity index (χ0n) is 18.4. The molecule has 0 amide bonds. The number of nitro benzene ring substituents is 1. The highest BCUT2D eigenvalue weighted by Crippen LogP contribution is 2.61. The molecule has 0 saturated carbocycles. The van der Waals surface area contributed by atoms with Crippen molar-refractivity contribution in [2.24, 2.45) is 0 Å². The summed E-state index contributed by atoms with van der Waals surface area (Å²) in [6.45, 7) is 4.79. The van der Waals surface area contributed by atoms with Gasteiger partial charge in [0, 0.05) is 50.1 Å². The Morgan fingerprint density at radius 3 is 2.41 bits per heavy atom. The molecule has 9 nitrogen and oxygen atoms in total. The van der Waals surface area contributed by atoms with Crippen LogP contribution in [0.1, 0.15) is 11.1 Å². The quantitative estimate of drug-likeness (QED) is 0.178. The van der Waals surface area contributed by atoms with E-state index in [0.29, 0.717) is 16.8 Å². The number of ether oxygens (including phenoxy) is 1. The zero-order valence-corrected chi connectivity index (χ0v) is 19.3. The van der Waals surface area contributed by atoms with E-state index in [2.05, 4.69) is 4.98 Å². The molecule has 0 aliphatic carbocycles. The number of aryl methyl sites for hydroxylation is 1. The third-order valence-electron chi connectivity index (χ3n) is 5.54. The van der Waals surface area contributed by atoms with Crippen LogP contribution in [0.4, 0.5) is 10.1 Å². The number of nitrogens with zero attached hydrogens (tertiary/aromatic N) is 4. The van der Waals surface area contributed by atoms with Crippen LogP contribution in [-0.2, 0) is 15.7 Å². The monoisotopic (exact) mass is 484 g/mol. The maximum Gasteiger partial charge on any atom is 0.346 e. The molecule has 3 heterocycles. The summed E-state index contributed by atoms with van der Waals surface area (Å²) < 4.78 is 42.9. The lowest BCUT2D eigenvalue weighted by atomic mass is 10.1. The van der Waals surface area contributed by atoms with Gasteiger partial charge in [0.15, 0.2) is 0 Å². The molecule has 0 atom stereocenters. The van der Waals surface area contributed by atoms with Crippen LogP contribution < -0.4 is 4.74 Å². The topological polar surface area (TPSA) is 97.6 Å². The smallest absolute Gasteiger partial charge is 0.346 e. The molecule has 0 radical (unpaired) electrons. The van der Waals surface area contributed by atoms with Gasteiger partial charge in [-0.05, 0) is 48.4 Å². The molecule has 0 unspecified atom stereocenters. The van der Waals surface area contributed by atoms with Crippen molar-refractivity contribution in [1.82, 2.24) is 14.3 Å². The van der Waals surface area contributed by atoms with Crippen molar-refractivity contribution in [2.45, 2.75) is 13.5 Å². The van der Waals surface area contributed by atoms with E-state index < -0.39 is 18.4 Å². The molecule has 176 valence electrons. The second kappa shape index (κ2) is 8.88. The van der Waals surface area contributed by atoms with Crippen LogP contribution in [-0.4, -0.2) is 45.4 Å². The second-order valence-electron chi connectivity index (χ2n) is 8.20. The highest BCUT2D eigenvalue weighted by molar-refractivity contribution is 7.54. The minimum absolute atomic E-state index is 0.00498. The molecule has 2 saturated heterocycles. The molecule has 0 spiro atoms.